The molecule has 0 aromatic heterocycles. The topological polar surface area (TPSA) is 55.8 Å². The summed E-state index contributed by atoms with van der Waals surface area (Å²) in [5.41, 5.74) is 0.313. The van der Waals surface area contributed by atoms with Gasteiger partial charge in [0, 0.05) is 12.0 Å². The third-order valence-electron chi connectivity index (χ3n) is 8.15. The summed E-state index contributed by atoms with van der Waals surface area (Å²) in [4.78, 5) is 11.5. The van der Waals surface area contributed by atoms with E-state index in [0.717, 1.165) is 42.4 Å². The third-order valence-corrected chi connectivity index (χ3v) is 13.2. The molecule has 4 rings (SSSR count). The van der Waals surface area contributed by atoms with Gasteiger partial charge in [0.15, 0.2) is 0 Å². The number of rotatable bonds is 16. The number of fused-ring (bicyclic) bond motifs is 1. The summed E-state index contributed by atoms with van der Waals surface area (Å²) >= 11 is 0. The zero-order chi connectivity index (χ0) is 29.8. The normalized spacial score (nSPS) is 12.0. The molecule has 0 unspecified atom stereocenters. The SMILES string of the molecule is CC(C)(C)[Si](OCCCCCCCCCCOc1ccc(C(=O)O)c2ccccc12)(c1ccccc1)c1ccccc1. The lowest BCUT2D eigenvalue weighted by atomic mass is 10.0. The number of carboxylic acid groups (broad SMARTS) is 1. The first-order valence-corrected chi connectivity index (χ1v) is 17.4. The molecule has 0 saturated heterocycles. The molecule has 0 atom stereocenters. The van der Waals surface area contributed by atoms with Crippen LogP contribution in [0.2, 0.25) is 5.04 Å². The minimum Gasteiger partial charge on any atom is -0.493 e. The van der Waals surface area contributed by atoms with Gasteiger partial charge in [0.1, 0.15) is 5.75 Å². The first-order chi connectivity index (χ1) is 20.3. The van der Waals surface area contributed by atoms with Crippen molar-refractivity contribution in [1.29, 1.82) is 0 Å². The third kappa shape index (κ3) is 7.70. The molecule has 0 saturated carbocycles. The zero-order valence-electron chi connectivity index (χ0n) is 25.5. The summed E-state index contributed by atoms with van der Waals surface area (Å²) in [5.74, 6) is -0.152. The Morgan fingerprint density at radius 1 is 0.619 bits per heavy atom. The van der Waals surface area contributed by atoms with Crippen LogP contribution in [0, 0.1) is 0 Å². The van der Waals surface area contributed by atoms with Crippen molar-refractivity contribution in [2.24, 2.45) is 0 Å². The molecule has 42 heavy (non-hydrogen) atoms. The Morgan fingerprint density at radius 2 is 1.10 bits per heavy atom. The molecule has 0 amide bonds. The highest BCUT2D eigenvalue weighted by molar-refractivity contribution is 6.99. The molecule has 5 heteroatoms. The Balaban J connectivity index is 1.16. The molecule has 0 spiro atoms. The molecule has 222 valence electrons. The molecule has 0 fully saturated rings. The van der Waals surface area contributed by atoms with Gasteiger partial charge in [-0.05, 0) is 45.8 Å². The molecule has 0 heterocycles. The first kappa shape index (κ1) is 31.5. The molecule has 0 bridgehead atoms. The summed E-state index contributed by atoms with van der Waals surface area (Å²) in [7, 11) is -2.43. The van der Waals surface area contributed by atoms with Gasteiger partial charge in [-0.2, -0.15) is 0 Å². The van der Waals surface area contributed by atoms with Crippen LogP contribution in [-0.4, -0.2) is 32.6 Å². The molecule has 4 aromatic rings. The van der Waals surface area contributed by atoms with Crippen LogP contribution in [0.15, 0.2) is 97.1 Å². The number of ether oxygens (including phenoxy) is 1. The molecule has 0 radical (unpaired) electrons. The fourth-order valence-electron chi connectivity index (χ4n) is 6.02. The number of hydrogen-bond donors (Lipinski definition) is 1. The smallest absolute Gasteiger partial charge is 0.336 e. The van der Waals surface area contributed by atoms with Crippen LogP contribution in [0.4, 0.5) is 0 Å². The molecule has 4 nitrogen and oxygen atoms in total. The lowest BCUT2D eigenvalue weighted by Crippen LogP contribution is -2.66. The summed E-state index contributed by atoms with van der Waals surface area (Å²) < 4.78 is 13.1. The minimum atomic E-state index is -2.43. The highest BCUT2D eigenvalue weighted by atomic mass is 28.4. The maximum absolute atomic E-state index is 11.5. The molecule has 0 aliphatic carbocycles. The fourth-order valence-corrected chi connectivity index (χ4v) is 10.6. The largest absolute Gasteiger partial charge is 0.493 e. The van der Waals surface area contributed by atoms with E-state index in [9.17, 15) is 9.90 Å². The van der Waals surface area contributed by atoms with E-state index in [4.69, 9.17) is 9.16 Å². The second-order valence-corrected chi connectivity index (χ2v) is 16.5. The first-order valence-electron chi connectivity index (χ1n) is 15.5. The van der Waals surface area contributed by atoms with Crippen molar-refractivity contribution < 1.29 is 19.1 Å². The van der Waals surface area contributed by atoms with E-state index >= 15 is 0 Å². The minimum absolute atomic E-state index is 0.0223. The Labute approximate surface area is 252 Å². The van der Waals surface area contributed by atoms with Crippen molar-refractivity contribution in [3.63, 3.8) is 0 Å². The van der Waals surface area contributed by atoms with Crippen molar-refractivity contribution in [2.45, 2.75) is 77.2 Å². The molecular weight excluding hydrogens is 536 g/mol. The second-order valence-electron chi connectivity index (χ2n) is 12.2. The summed E-state index contributed by atoms with van der Waals surface area (Å²) in [6.45, 7) is 8.45. The van der Waals surface area contributed by atoms with Gasteiger partial charge in [-0.25, -0.2) is 4.79 Å². The maximum atomic E-state index is 11.5. The number of hydrogen-bond acceptors (Lipinski definition) is 3. The average molecular weight is 583 g/mol. The molecule has 0 aliphatic rings. The van der Waals surface area contributed by atoms with Crippen LogP contribution in [-0.2, 0) is 4.43 Å². The van der Waals surface area contributed by atoms with Crippen molar-refractivity contribution in [1.82, 2.24) is 0 Å². The van der Waals surface area contributed by atoms with Gasteiger partial charge < -0.3 is 14.3 Å². The van der Waals surface area contributed by atoms with E-state index in [2.05, 4.69) is 81.4 Å². The van der Waals surface area contributed by atoms with Crippen LogP contribution < -0.4 is 15.1 Å². The van der Waals surface area contributed by atoms with E-state index in [1.165, 1.54) is 42.5 Å². The van der Waals surface area contributed by atoms with Gasteiger partial charge in [-0.1, -0.05) is 144 Å². The highest BCUT2D eigenvalue weighted by Crippen LogP contribution is 2.37. The summed E-state index contributed by atoms with van der Waals surface area (Å²) in [6.07, 6.45) is 9.37. The standard InChI is InChI=1S/C37H46O4Si/c1-37(2,3)42(30-20-12-10-13-21-30,31-22-14-11-15-23-31)41-29-19-9-7-5-4-6-8-18-28-40-35-27-26-34(36(38)39)32-24-16-17-25-33(32)35/h10-17,20-27H,4-9,18-19,28-29H2,1-3H3,(H,38,39). The van der Waals surface area contributed by atoms with E-state index in [1.807, 2.05) is 24.3 Å². The quantitative estimate of drug-likeness (QED) is 0.106. The highest BCUT2D eigenvalue weighted by Gasteiger charge is 2.49. The molecule has 1 N–H and O–H groups in total. The second kappa shape index (κ2) is 15.2. The van der Waals surface area contributed by atoms with Gasteiger partial charge in [-0.15, -0.1) is 0 Å². The molecule has 0 aliphatic heterocycles. The van der Waals surface area contributed by atoms with Gasteiger partial charge in [0.25, 0.3) is 8.32 Å². The van der Waals surface area contributed by atoms with Gasteiger partial charge in [0.2, 0.25) is 0 Å². The summed E-state index contributed by atoms with van der Waals surface area (Å²) in [6, 6.07) is 32.7. The molecular formula is C37H46O4Si. The Bertz CT molecular complexity index is 1360. The van der Waals surface area contributed by atoms with Gasteiger partial charge in [-0.3, -0.25) is 0 Å². The number of aromatic carboxylic acids is 1. The van der Waals surface area contributed by atoms with Crippen molar-refractivity contribution >= 4 is 35.4 Å². The monoisotopic (exact) mass is 582 g/mol. The number of carboxylic acids is 1. The number of unbranched alkanes of at least 4 members (excludes halogenated alkanes) is 7. The number of carbonyl (C=O) groups is 1. The number of benzene rings is 4. The Hall–Kier alpha value is -3.41. The Kier molecular flexibility index (Phi) is 11.4. The molecule has 4 aromatic carbocycles. The van der Waals surface area contributed by atoms with Crippen LogP contribution in [0.1, 0.15) is 82.5 Å². The lowest BCUT2D eigenvalue weighted by molar-refractivity contribution is 0.0699. The summed E-state index contributed by atoms with van der Waals surface area (Å²) in [5, 5.41) is 13.7. The van der Waals surface area contributed by atoms with E-state index in [1.54, 1.807) is 12.1 Å². The van der Waals surface area contributed by atoms with E-state index in [-0.39, 0.29) is 5.04 Å². The van der Waals surface area contributed by atoms with Gasteiger partial charge >= 0.3 is 5.97 Å². The van der Waals surface area contributed by atoms with Crippen LogP contribution in [0.25, 0.3) is 10.8 Å². The predicted octanol–water partition coefficient (Wildman–Crippen LogP) is 8.61. The predicted molar refractivity (Wildman–Crippen MR) is 177 cm³/mol. The fraction of sp³-hybridized carbons (Fsp3) is 0.378. The van der Waals surface area contributed by atoms with E-state index in [0.29, 0.717) is 12.2 Å². The Morgan fingerprint density at radius 3 is 1.62 bits per heavy atom. The zero-order valence-corrected chi connectivity index (χ0v) is 26.5. The van der Waals surface area contributed by atoms with Crippen molar-refractivity contribution in [2.75, 3.05) is 13.2 Å². The van der Waals surface area contributed by atoms with Crippen molar-refractivity contribution in [3.05, 3.63) is 103 Å². The average Bonchev–Trinajstić information content (AvgIpc) is 2.99. The maximum Gasteiger partial charge on any atom is 0.336 e. The van der Waals surface area contributed by atoms with Crippen LogP contribution in [0.3, 0.4) is 0 Å². The van der Waals surface area contributed by atoms with Crippen LogP contribution >= 0.6 is 0 Å². The van der Waals surface area contributed by atoms with Crippen LogP contribution in [0.5, 0.6) is 5.75 Å². The lowest BCUT2D eigenvalue weighted by Gasteiger charge is -2.43. The van der Waals surface area contributed by atoms with Gasteiger partial charge in [0.05, 0.1) is 12.2 Å². The van der Waals surface area contributed by atoms with Crippen molar-refractivity contribution in [3.8, 4) is 5.75 Å². The van der Waals surface area contributed by atoms with E-state index < -0.39 is 14.3 Å².